The molecule has 1 aliphatic heterocycles. The number of piperidine rings is 1. The average Bonchev–Trinajstić information content (AvgIpc) is 3.01. The summed E-state index contributed by atoms with van der Waals surface area (Å²) in [5.74, 6) is 1.56. The number of aromatic nitrogens is 1. The van der Waals surface area contributed by atoms with Crippen molar-refractivity contribution in [2.75, 3.05) is 7.11 Å². The quantitative estimate of drug-likeness (QED) is 0.743. The van der Waals surface area contributed by atoms with Gasteiger partial charge in [-0.1, -0.05) is 0 Å². The predicted molar refractivity (Wildman–Crippen MR) is 113 cm³/mol. The second kappa shape index (κ2) is 8.39. The molecular weight excluding hydrogens is 370 g/mol. The number of rotatable bonds is 7. The maximum absolute atomic E-state index is 5.94. The van der Waals surface area contributed by atoms with Crippen molar-refractivity contribution in [1.82, 2.24) is 4.98 Å². The molecule has 1 aliphatic rings. The standard InChI is InChI=1S/C22H33N3O2S/c1-15-24-18(14-28-15)13-27-19-8-7-16(9-20(19)26-6)12-23-17-10-21(2,3)25-22(4,5)11-17/h7-9,14,17,23,25H,10-13H2,1-6H3/p+2. The molecule has 0 aliphatic carbocycles. The molecule has 28 heavy (non-hydrogen) atoms. The maximum Gasteiger partial charge on any atom is 0.161 e. The monoisotopic (exact) mass is 405 g/mol. The molecule has 1 fully saturated rings. The first-order valence-corrected chi connectivity index (χ1v) is 10.9. The van der Waals surface area contributed by atoms with Gasteiger partial charge in [0, 0.05) is 10.9 Å². The fourth-order valence-electron chi connectivity index (χ4n) is 4.65. The lowest BCUT2D eigenvalue weighted by atomic mass is 9.79. The van der Waals surface area contributed by atoms with Gasteiger partial charge in [-0.15, -0.1) is 11.3 Å². The van der Waals surface area contributed by atoms with Gasteiger partial charge in [0.15, 0.2) is 11.5 Å². The SMILES string of the molecule is COc1cc(C[NH2+]C2CC(C)(C)[NH2+]C(C)(C)C2)ccc1OCc1csc(C)n1. The number of hydrogen-bond acceptors (Lipinski definition) is 4. The molecule has 1 aromatic heterocycles. The lowest BCUT2D eigenvalue weighted by Gasteiger charge is -2.41. The minimum atomic E-state index is 0.298. The van der Waals surface area contributed by atoms with Gasteiger partial charge >= 0.3 is 0 Å². The molecule has 6 heteroatoms. The fourth-order valence-corrected chi connectivity index (χ4v) is 5.25. The van der Waals surface area contributed by atoms with Gasteiger partial charge in [-0.25, -0.2) is 4.98 Å². The van der Waals surface area contributed by atoms with E-state index in [1.54, 1.807) is 18.4 Å². The molecule has 0 unspecified atom stereocenters. The lowest BCUT2D eigenvalue weighted by molar-refractivity contribution is -0.816. The molecule has 0 saturated carbocycles. The Morgan fingerprint density at radius 3 is 2.50 bits per heavy atom. The van der Waals surface area contributed by atoms with Gasteiger partial charge in [-0.3, -0.25) is 0 Å². The van der Waals surface area contributed by atoms with Gasteiger partial charge in [0.25, 0.3) is 0 Å². The Hall–Kier alpha value is -1.63. The summed E-state index contributed by atoms with van der Waals surface area (Å²) in [4.78, 5) is 4.45. The van der Waals surface area contributed by atoms with Gasteiger partial charge in [-0.05, 0) is 52.8 Å². The van der Waals surface area contributed by atoms with Crippen LogP contribution in [0.3, 0.4) is 0 Å². The topological polar surface area (TPSA) is 64.6 Å². The van der Waals surface area contributed by atoms with Gasteiger partial charge < -0.3 is 20.1 Å². The number of thiazole rings is 1. The highest BCUT2D eigenvalue weighted by Crippen LogP contribution is 2.29. The van der Waals surface area contributed by atoms with Crippen molar-refractivity contribution in [3.05, 3.63) is 39.8 Å². The van der Waals surface area contributed by atoms with Crippen LogP contribution in [0.25, 0.3) is 0 Å². The number of nitrogens with zero attached hydrogens (tertiary/aromatic N) is 1. The van der Waals surface area contributed by atoms with Crippen molar-refractivity contribution >= 4 is 11.3 Å². The molecule has 1 saturated heterocycles. The van der Waals surface area contributed by atoms with Gasteiger partial charge in [0.1, 0.15) is 13.2 Å². The summed E-state index contributed by atoms with van der Waals surface area (Å²) in [5.41, 5.74) is 2.82. The zero-order chi connectivity index (χ0) is 20.4. The summed E-state index contributed by atoms with van der Waals surface area (Å²) >= 11 is 1.64. The molecule has 0 atom stereocenters. The molecule has 0 amide bonds. The molecule has 4 N–H and O–H groups in total. The van der Waals surface area contributed by atoms with E-state index in [1.807, 2.05) is 18.4 Å². The van der Waals surface area contributed by atoms with Crippen LogP contribution in [0.4, 0.5) is 0 Å². The number of benzene rings is 1. The van der Waals surface area contributed by atoms with Gasteiger partial charge in [-0.2, -0.15) is 0 Å². The molecule has 0 spiro atoms. The number of hydrogen-bond donors (Lipinski definition) is 2. The summed E-state index contributed by atoms with van der Waals surface area (Å²) in [7, 11) is 1.70. The van der Waals surface area contributed by atoms with Gasteiger partial charge in [0.05, 0.1) is 47.8 Å². The Balaban J connectivity index is 1.60. The summed E-state index contributed by atoms with van der Waals surface area (Å²) in [6, 6.07) is 6.91. The number of methoxy groups -OCH3 is 1. The van der Waals surface area contributed by atoms with Crippen molar-refractivity contribution in [2.45, 2.75) is 77.7 Å². The molecule has 154 valence electrons. The van der Waals surface area contributed by atoms with Crippen molar-refractivity contribution in [2.24, 2.45) is 0 Å². The minimum Gasteiger partial charge on any atom is -0.493 e. The Morgan fingerprint density at radius 2 is 1.89 bits per heavy atom. The second-order valence-corrected chi connectivity index (χ2v) is 10.4. The van der Waals surface area contributed by atoms with Crippen LogP contribution >= 0.6 is 11.3 Å². The van der Waals surface area contributed by atoms with E-state index in [4.69, 9.17) is 9.47 Å². The van der Waals surface area contributed by atoms with E-state index in [9.17, 15) is 0 Å². The van der Waals surface area contributed by atoms with Crippen LogP contribution in [0.1, 0.15) is 56.8 Å². The number of aryl methyl sites for hydroxylation is 1. The normalized spacial score (nSPS) is 18.8. The largest absolute Gasteiger partial charge is 0.493 e. The van der Waals surface area contributed by atoms with Crippen molar-refractivity contribution in [3.63, 3.8) is 0 Å². The van der Waals surface area contributed by atoms with Crippen LogP contribution in [-0.2, 0) is 13.2 Å². The van der Waals surface area contributed by atoms with E-state index in [1.165, 1.54) is 18.4 Å². The third kappa shape index (κ3) is 5.69. The predicted octanol–water partition coefficient (Wildman–Crippen LogP) is 2.39. The average molecular weight is 406 g/mol. The first kappa shape index (κ1) is 21.1. The van der Waals surface area contributed by atoms with Gasteiger partial charge in [0.2, 0.25) is 0 Å². The van der Waals surface area contributed by atoms with Crippen LogP contribution in [-0.4, -0.2) is 29.2 Å². The number of ether oxygens (including phenoxy) is 2. The molecule has 2 heterocycles. The lowest BCUT2D eigenvalue weighted by Crippen LogP contribution is -3.09. The summed E-state index contributed by atoms with van der Waals surface area (Å²) in [6.45, 7) is 12.9. The fraction of sp³-hybridized carbons (Fsp3) is 0.591. The van der Waals surface area contributed by atoms with Crippen molar-refractivity contribution in [1.29, 1.82) is 0 Å². The zero-order valence-corrected chi connectivity index (χ0v) is 18.9. The molecule has 5 nitrogen and oxygen atoms in total. The maximum atomic E-state index is 5.94. The summed E-state index contributed by atoms with van der Waals surface area (Å²) in [5, 5.41) is 8.12. The smallest absolute Gasteiger partial charge is 0.161 e. The molecule has 3 rings (SSSR count). The molecule has 1 aromatic carbocycles. The molecule has 2 aromatic rings. The Kier molecular flexibility index (Phi) is 6.32. The van der Waals surface area contributed by atoms with Crippen LogP contribution in [0, 0.1) is 6.92 Å². The molecule has 0 bridgehead atoms. The number of quaternary nitrogens is 2. The van der Waals surface area contributed by atoms with Crippen molar-refractivity contribution < 1.29 is 20.1 Å². The molecule has 0 radical (unpaired) electrons. The highest BCUT2D eigenvalue weighted by Gasteiger charge is 2.43. The van der Waals surface area contributed by atoms with E-state index >= 15 is 0 Å². The highest BCUT2D eigenvalue weighted by molar-refractivity contribution is 7.09. The Bertz CT molecular complexity index is 785. The number of nitrogens with two attached hydrogens (primary N) is 2. The van der Waals surface area contributed by atoms with Crippen LogP contribution in [0.5, 0.6) is 11.5 Å². The zero-order valence-electron chi connectivity index (χ0n) is 18.0. The van der Waals surface area contributed by atoms with E-state index in [2.05, 4.69) is 55.4 Å². The van der Waals surface area contributed by atoms with Crippen LogP contribution in [0.15, 0.2) is 23.6 Å². The van der Waals surface area contributed by atoms with E-state index < -0.39 is 0 Å². The van der Waals surface area contributed by atoms with Crippen molar-refractivity contribution in [3.8, 4) is 11.5 Å². The third-order valence-electron chi connectivity index (χ3n) is 5.32. The first-order valence-electron chi connectivity index (χ1n) is 10.1. The van der Waals surface area contributed by atoms with Crippen LogP contribution < -0.4 is 20.1 Å². The Morgan fingerprint density at radius 1 is 1.18 bits per heavy atom. The summed E-state index contributed by atoms with van der Waals surface area (Å²) in [6.07, 6.45) is 2.45. The minimum absolute atomic E-state index is 0.298. The van der Waals surface area contributed by atoms with Crippen LogP contribution in [0.2, 0.25) is 0 Å². The summed E-state index contributed by atoms with van der Waals surface area (Å²) < 4.78 is 11.5. The third-order valence-corrected chi connectivity index (χ3v) is 6.14. The first-order chi connectivity index (χ1) is 13.2. The highest BCUT2D eigenvalue weighted by atomic mass is 32.1. The van der Waals surface area contributed by atoms with E-state index in [-0.39, 0.29) is 0 Å². The van der Waals surface area contributed by atoms with E-state index in [0.29, 0.717) is 23.7 Å². The Labute approximate surface area is 172 Å². The van der Waals surface area contributed by atoms with E-state index in [0.717, 1.165) is 28.7 Å². The second-order valence-electron chi connectivity index (χ2n) is 9.36. The molecular formula is C22H35N3O2S+2.